The minimum atomic E-state index is 0.244. The van der Waals surface area contributed by atoms with Gasteiger partial charge in [0.15, 0.2) is 5.75 Å². The van der Waals surface area contributed by atoms with E-state index >= 15 is 0 Å². The number of nitrogens with one attached hydrogen (secondary N) is 1. The van der Waals surface area contributed by atoms with Gasteiger partial charge in [0.25, 0.3) is 0 Å². The Balaban J connectivity index is 2.38. The van der Waals surface area contributed by atoms with Crippen molar-refractivity contribution in [3.63, 3.8) is 0 Å². The molecule has 102 valence electrons. The molecule has 4 heteroatoms. The molecule has 1 unspecified atom stereocenters. The maximum Gasteiger partial charge on any atom is 0.171 e. The van der Waals surface area contributed by atoms with E-state index in [1.165, 1.54) is 0 Å². The fraction of sp³-hybridized carbons (Fsp3) is 0.400. The summed E-state index contributed by atoms with van der Waals surface area (Å²) in [4.78, 5) is 0. The Morgan fingerprint density at radius 2 is 1.95 bits per heavy atom. The fourth-order valence-electron chi connectivity index (χ4n) is 2.10. The summed E-state index contributed by atoms with van der Waals surface area (Å²) in [7, 11) is 3.87. The van der Waals surface area contributed by atoms with Gasteiger partial charge in [-0.3, -0.25) is 4.68 Å². The molecule has 1 heterocycles. The van der Waals surface area contributed by atoms with Gasteiger partial charge < -0.3 is 10.1 Å². The maximum atomic E-state index is 6.09. The van der Waals surface area contributed by atoms with Gasteiger partial charge >= 0.3 is 0 Å². The fourth-order valence-corrected chi connectivity index (χ4v) is 2.10. The highest BCUT2D eigenvalue weighted by Gasteiger charge is 2.15. The van der Waals surface area contributed by atoms with Crippen LogP contribution in [-0.2, 0) is 7.05 Å². The first kappa shape index (κ1) is 13.6. The van der Waals surface area contributed by atoms with Crippen LogP contribution in [0.25, 0.3) is 0 Å². The molecule has 0 fully saturated rings. The first-order valence-corrected chi connectivity index (χ1v) is 6.48. The molecule has 2 aromatic rings. The molecule has 2 rings (SSSR count). The number of benzene rings is 1. The number of para-hydroxylation sites is 1. The number of ether oxygens (including phenoxy) is 1. The van der Waals surface area contributed by atoms with Gasteiger partial charge in [-0.15, -0.1) is 0 Å². The number of aryl methyl sites for hydroxylation is 2. The van der Waals surface area contributed by atoms with Crippen LogP contribution in [0.4, 0.5) is 0 Å². The predicted octanol–water partition coefficient (Wildman–Crippen LogP) is 3.11. The molecule has 0 aliphatic heterocycles. The third-order valence-corrected chi connectivity index (χ3v) is 3.47. The molecule has 1 aromatic heterocycles. The summed E-state index contributed by atoms with van der Waals surface area (Å²) >= 11 is 0. The smallest absolute Gasteiger partial charge is 0.171 e. The molecule has 0 aliphatic rings. The third-order valence-electron chi connectivity index (χ3n) is 3.47. The van der Waals surface area contributed by atoms with Crippen LogP contribution in [0, 0.1) is 13.8 Å². The molecule has 0 amide bonds. The summed E-state index contributed by atoms with van der Waals surface area (Å²) in [6.45, 7) is 6.09. The van der Waals surface area contributed by atoms with E-state index in [4.69, 9.17) is 4.74 Å². The van der Waals surface area contributed by atoms with Crippen LogP contribution in [0.5, 0.6) is 11.5 Å². The molecule has 4 nitrogen and oxygen atoms in total. The van der Waals surface area contributed by atoms with Crippen LogP contribution in [0.15, 0.2) is 24.3 Å². The molecule has 1 atom stereocenters. The first-order chi connectivity index (χ1) is 9.04. The Morgan fingerprint density at radius 3 is 2.53 bits per heavy atom. The molecule has 0 spiro atoms. The molecule has 0 bridgehead atoms. The van der Waals surface area contributed by atoms with Gasteiger partial charge in [-0.25, -0.2) is 0 Å². The van der Waals surface area contributed by atoms with Gasteiger partial charge in [-0.1, -0.05) is 18.2 Å². The minimum absolute atomic E-state index is 0.244. The topological polar surface area (TPSA) is 39.1 Å². The van der Waals surface area contributed by atoms with Crippen molar-refractivity contribution in [3.05, 3.63) is 41.2 Å². The normalized spacial score (nSPS) is 12.5. The highest BCUT2D eigenvalue weighted by Crippen LogP contribution is 2.32. The largest absolute Gasteiger partial charge is 0.453 e. The Morgan fingerprint density at radius 1 is 1.26 bits per heavy atom. The van der Waals surface area contributed by atoms with Crippen LogP contribution >= 0.6 is 0 Å². The summed E-state index contributed by atoms with van der Waals surface area (Å²) in [6, 6.07) is 8.34. The summed E-state index contributed by atoms with van der Waals surface area (Å²) < 4.78 is 7.93. The Bertz CT molecular complexity index is 575. The Kier molecular flexibility index (Phi) is 3.90. The SMILES string of the molecule is CNC(C)c1ccccc1Oc1c(C)nn(C)c1C. The zero-order valence-electron chi connectivity index (χ0n) is 12.2. The molecule has 0 aliphatic carbocycles. The van der Waals surface area contributed by atoms with Crippen molar-refractivity contribution in [2.45, 2.75) is 26.8 Å². The number of aromatic nitrogens is 2. The zero-order chi connectivity index (χ0) is 14.0. The number of rotatable bonds is 4. The lowest BCUT2D eigenvalue weighted by molar-refractivity contribution is 0.459. The quantitative estimate of drug-likeness (QED) is 0.917. The van der Waals surface area contributed by atoms with Crippen molar-refractivity contribution >= 4 is 0 Å². The summed E-state index contributed by atoms with van der Waals surface area (Å²) in [5.74, 6) is 1.72. The van der Waals surface area contributed by atoms with Crippen molar-refractivity contribution < 1.29 is 4.74 Å². The van der Waals surface area contributed by atoms with Gasteiger partial charge in [0.2, 0.25) is 0 Å². The van der Waals surface area contributed by atoms with Gasteiger partial charge in [-0.2, -0.15) is 5.10 Å². The number of hydrogen-bond acceptors (Lipinski definition) is 3. The number of nitrogens with zero attached hydrogens (tertiary/aromatic N) is 2. The number of hydrogen-bond donors (Lipinski definition) is 1. The van der Waals surface area contributed by atoms with Crippen molar-refractivity contribution in [2.75, 3.05) is 7.05 Å². The van der Waals surface area contributed by atoms with E-state index in [1.807, 2.05) is 50.8 Å². The second-order valence-corrected chi connectivity index (χ2v) is 4.77. The summed E-state index contributed by atoms with van der Waals surface area (Å²) in [5, 5.41) is 7.62. The highest BCUT2D eigenvalue weighted by molar-refractivity contribution is 5.42. The van der Waals surface area contributed by atoms with Crippen LogP contribution in [0.3, 0.4) is 0 Å². The van der Waals surface area contributed by atoms with E-state index in [0.29, 0.717) is 0 Å². The van der Waals surface area contributed by atoms with Crippen molar-refractivity contribution in [1.82, 2.24) is 15.1 Å². The predicted molar refractivity (Wildman–Crippen MR) is 76.7 cm³/mol. The summed E-state index contributed by atoms with van der Waals surface area (Å²) in [5.41, 5.74) is 3.09. The molecule has 19 heavy (non-hydrogen) atoms. The van der Waals surface area contributed by atoms with Crippen LogP contribution in [0.1, 0.15) is 29.9 Å². The average molecular weight is 259 g/mol. The van der Waals surface area contributed by atoms with Gasteiger partial charge in [0, 0.05) is 18.7 Å². The molecule has 1 aromatic carbocycles. The van der Waals surface area contributed by atoms with E-state index < -0.39 is 0 Å². The second-order valence-electron chi connectivity index (χ2n) is 4.77. The van der Waals surface area contributed by atoms with Gasteiger partial charge in [-0.05, 0) is 33.9 Å². The summed E-state index contributed by atoms with van der Waals surface area (Å²) in [6.07, 6.45) is 0. The van der Waals surface area contributed by atoms with E-state index in [2.05, 4.69) is 23.4 Å². The molecule has 0 radical (unpaired) electrons. The highest BCUT2D eigenvalue weighted by atomic mass is 16.5. The van der Waals surface area contributed by atoms with Crippen molar-refractivity contribution in [2.24, 2.45) is 7.05 Å². The maximum absolute atomic E-state index is 6.09. The first-order valence-electron chi connectivity index (χ1n) is 6.48. The molecule has 0 saturated heterocycles. The second kappa shape index (κ2) is 5.45. The third kappa shape index (κ3) is 2.63. The van der Waals surface area contributed by atoms with Crippen molar-refractivity contribution in [3.8, 4) is 11.5 Å². The van der Waals surface area contributed by atoms with Crippen LogP contribution in [0.2, 0.25) is 0 Å². The Labute approximate surface area is 114 Å². The lowest BCUT2D eigenvalue weighted by Crippen LogP contribution is -2.13. The van der Waals surface area contributed by atoms with Crippen LogP contribution < -0.4 is 10.1 Å². The zero-order valence-corrected chi connectivity index (χ0v) is 12.2. The van der Waals surface area contributed by atoms with E-state index in [-0.39, 0.29) is 6.04 Å². The Hall–Kier alpha value is -1.81. The van der Waals surface area contributed by atoms with Crippen LogP contribution in [-0.4, -0.2) is 16.8 Å². The van der Waals surface area contributed by atoms with Crippen molar-refractivity contribution in [1.29, 1.82) is 0 Å². The van der Waals surface area contributed by atoms with Gasteiger partial charge in [0.1, 0.15) is 11.4 Å². The molecular formula is C15H21N3O. The van der Waals surface area contributed by atoms with E-state index in [1.54, 1.807) is 0 Å². The minimum Gasteiger partial charge on any atom is -0.453 e. The monoisotopic (exact) mass is 259 g/mol. The molecule has 0 saturated carbocycles. The van der Waals surface area contributed by atoms with E-state index in [0.717, 1.165) is 28.5 Å². The average Bonchev–Trinajstić information content (AvgIpc) is 2.65. The van der Waals surface area contributed by atoms with E-state index in [9.17, 15) is 0 Å². The standard InChI is InChI=1S/C15H21N3O/c1-10(16-4)13-8-6-7-9-14(13)19-15-11(2)17-18(5)12(15)3/h6-10,16H,1-5H3. The lowest BCUT2D eigenvalue weighted by atomic mass is 10.1. The molecular weight excluding hydrogens is 238 g/mol. The lowest BCUT2D eigenvalue weighted by Gasteiger charge is -2.16. The van der Waals surface area contributed by atoms with Gasteiger partial charge in [0.05, 0.1) is 5.69 Å². The molecule has 1 N–H and O–H groups in total.